The quantitative estimate of drug-likeness (QED) is 0.657. The van der Waals surface area contributed by atoms with Crippen LogP contribution in [0.2, 0.25) is 0 Å². The summed E-state index contributed by atoms with van der Waals surface area (Å²) in [5.41, 5.74) is 0.929. The lowest BCUT2D eigenvalue weighted by molar-refractivity contribution is 0.159. The second kappa shape index (κ2) is 6.45. The first-order valence-corrected chi connectivity index (χ1v) is 4.96. The molecule has 1 aromatic rings. The third-order valence-electron chi connectivity index (χ3n) is 2.05. The lowest BCUT2D eigenvalue weighted by atomic mass is 10.2. The zero-order chi connectivity index (χ0) is 10.2. The average Bonchev–Trinajstić information content (AvgIpc) is 2.25. The molecule has 0 radical (unpaired) electrons. The molecule has 0 aliphatic heterocycles. The Morgan fingerprint density at radius 3 is 3.00 bits per heavy atom. The molecule has 1 unspecified atom stereocenters. The Labute approximate surface area is 84.4 Å². The molecule has 1 aromatic heterocycles. The molecule has 1 rings (SSSR count). The zero-order valence-electron chi connectivity index (χ0n) is 8.48. The summed E-state index contributed by atoms with van der Waals surface area (Å²) in [6, 6.07) is 0. The molecule has 78 valence electrons. The molecule has 0 aliphatic carbocycles. The monoisotopic (exact) mass is 195 g/mol. The van der Waals surface area contributed by atoms with E-state index in [1.54, 1.807) is 18.6 Å². The van der Waals surface area contributed by atoms with E-state index in [0.717, 1.165) is 25.1 Å². The van der Waals surface area contributed by atoms with Gasteiger partial charge in [-0.1, -0.05) is 6.92 Å². The van der Waals surface area contributed by atoms with Gasteiger partial charge in [0, 0.05) is 25.1 Å². The van der Waals surface area contributed by atoms with Gasteiger partial charge in [0.15, 0.2) is 0 Å². The van der Waals surface area contributed by atoms with Crippen LogP contribution in [0.5, 0.6) is 0 Å². The van der Waals surface area contributed by atoms with Gasteiger partial charge in [0.05, 0.1) is 11.8 Å². The van der Waals surface area contributed by atoms with Crippen molar-refractivity contribution in [1.29, 1.82) is 0 Å². The number of aliphatic hydroxyl groups is 1. The normalized spacial score (nSPS) is 12.7. The molecule has 0 aromatic carbocycles. The van der Waals surface area contributed by atoms with Crippen molar-refractivity contribution in [3.05, 3.63) is 24.3 Å². The fourth-order valence-electron chi connectivity index (χ4n) is 1.11. The van der Waals surface area contributed by atoms with Crippen LogP contribution in [0.15, 0.2) is 18.6 Å². The van der Waals surface area contributed by atoms with Gasteiger partial charge < -0.3 is 10.4 Å². The van der Waals surface area contributed by atoms with Crippen LogP contribution >= 0.6 is 0 Å². The van der Waals surface area contributed by atoms with Crippen molar-refractivity contribution in [1.82, 2.24) is 15.3 Å². The second-order valence-electron chi connectivity index (χ2n) is 3.22. The topological polar surface area (TPSA) is 58.0 Å². The van der Waals surface area contributed by atoms with Crippen LogP contribution in [0.1, 0.15) is 25.5 Å². The largest absolute Gasteiger partial charge is 0.393 e. The number of nitrogens with zero attached hydrogens (tertiary/aromatic N) is 2. The van der Waals surface area contributed by atoms with Gasteiger partial charge in [0.2, 0.25) is 0 Å². The van der Waals surface area contributed by atoms with Gasteiger partial charge in [-0.05, 0) is 19.4 Å². The number of aliphatic hydroxyl groups excluding tert-OH is 1. The fourth-order valence-corrected chi connectivity index (χ4v) is 1.11. The first-order chi connectivity index (χ1) is 6.83. The third kappa shape index (κ3) is 4.30. The first-order valence-electron chi connectivity index (χ1n) is 4.96. The maximum Gasteiger partial charge on any atom is 0.0724 e. The summed E-state index contributed by atoms with van der Waals surface area (Å²) < 4.78 is 0. The predicted molar refractivity (Wildman–Crippen MR) is 54.7 cm³/mol. The van der Waals surface area contributed by atoms with Gasteiger partial charge >= 0.3 is 0 Å². The number of hydrogen-bond donors (Lipinski definition) is 2. The minimum absolute atomic E-state index is 0.190. The van der Waals surface area contributed by atoms with Crippen molar-refractivity contribution in [2.45, 2.75) is 32.4 Å². The fraction of sp³-hybridized carbons (Fsp3) is 0.600. The number of nitrogens with one attached hydrogen (secondary N) is 1. The molecule has 0 spiro atoms. The maximum atomic E-state index is 9.29. The highest BCUT2D eigenvalue weighted by Crippen LogP contribution is 1.95. The number of hydrogen-bond acceptors (Lipinski definition) is 4. The number of aromatic nitrogens is 2. The summed E-state index contributed by atoms with van der Waals surface area (Å²) in [5.74, 6) is 0. The Kier molecular flexibility index (Phi) is 5.11. The molecule has 0 saturated heterocycles. The summed E-state index contributed by atoms with van der Waals surface area (Å²) in [6.07, 6.45) is 6.49. The molecule has 0 amide bonds. The molecule has 4 heteroatoms. The van der Waals surface area contributed by atoms with Gasteiger partial charge in [-0.3, -0.25) is 9.97 Å². The van der Waals surface area contributed by atoms with Crippen molar-refractivity contribution in [3.63, 3.8) is 0 Å². The minimum atomic E-state index is -0.190. The van der Waals surface area contributed by atoms with Gasteiger partial charge in [0.1, 0.15) is 0 Å². The second-order valence-corrected chi connectivity index (χ2v) is 3.22. The molecule has 0 fully saturated rings. The van der Waals surface area contributed by atoms with E-state index in [4.69, 9.17) is 0 Å². The van der Waals surface area contributed by atoms with Crippen LogP contribution in [-0.2, 0) is 6.54 Å². The van der Waals surface area contributed by atoms with Crippen molar-refractivity contribution < 1.29 is 5.11 Å². The van der Waals surface area contributed by atoms with E-state index < -0.39 is 0 Å². The lowest BCUT2D eigenvalue weighted by Crippen LogP contribution is -2.20. The Morgan fingerprint density at radius 2 is 2.36 bits per heavy atom. The van der Waals surface area contributed by atoms with E-state index in [-0.39, 0.29) is 6.10 Å². The standard InChI is InChI=1S/C10H17N3O/c1-2-10(14)3-4-11-7-9-8-12-5-6-13-9/h5-6,8,10-11,14H,2-4,7H2,1H3. The van der Waals surface area contributed by atoms with E-state index >= 15 is 0 Å². The van der Waals surface area contributed by atoms with Crippen LogP contribution in [-0.4, -0.2) is 27.7 Å². The molecule has 1 heterocycles. The van der Waals surface area contributed by atoms with Crippen LogP contribution < -0.4 is 5.32 Å². The maximum absolute atomic E-state index is 9.29. The molecule has 1 atom stereocenters. The Morgan fingerprint density at radius 1 is 1.50 bits per heavy atom. The molecule has 0 saturated carbocycles. The van der Waals surface area contributed by atoms with Gasteiger partial charge in [-0.25, -0.2) is 0 Å². The van der Waals surface area contributed by atoms with E-state index in [1.807, 2.05) is 6.92 Å². The minimum Gasteiger partial charge on any atom is -0.393 e. The van der Waals surface area contributed by atoms with Gasteiger partial charge in [-0.15, -0.1) is 0 Å². The Bertz CT molecular complexity index is 240. The van der Waals surface area contributed by atoms with E-state index in [0.29, 0.717) is 6.54 Å². The van der Waals surface area contributed by atoms with Crippen LogP contribution in [0.3, 0.4) is 0 Å². The average molecular weight is 195 g/mol. The molecular weight excluding hydrogens is 178 g/mol. The summed E-state index contributed by atoms with van der Waals surface area (Å²) >= 11 is 0. The van der Waals surface area contributed by atoms with E-state index in [9.17, 15) is 5.11 Å². The summed E-state index contributed by atoms with van der Waals surface area (Å²) in [4.78, 5) is 8.09. The highest BCUT2D eigenvalue weighted by molar-refractivity contribution is 4.93. The molecular formula is C10H17N3O. The highest BCUT2D eigenvalue weighted by atomic mass is 16.3. The van der Waals surface area contributed by atoms with E-state index in [2.05, 4.69) is 15.3 Å². The lowest BCUT2D eigenvalue weighted by Gasteiger charge is -2.07. The Balaban J connectivity index is 2.10. The van der Waals surface area contributed by atoms with Crippen molar-refractivity contribution in [2.24, 2.45) is 0 Å². The van der Waals surface area contributed by atoms with E-state index in [1.165, 1.54) is 0 Å². The van der Waals surface area contributed by atoms with Gasteiger partial charge in [0.25, 0.3) is 0 Å². The molecule has 14 heavy (non-hydrogen) atoms. The number of rotatable bonds is 6. The van der Waals surface area contributed by atoms with Crippen molar-refractivity contribution in [2.75, 3.05) is 6.54 Å². The summed E-state index contributed by atoms with van der Waals surface area (Å²) in [6.45, 7) is 3.50. The zero-order valence-corrected chi connectivity index (χ0v) is 8.48. The van der Waals surface area contributed by atoms with Crippen molar-refractivity contribution >= 4 is 0 Å². The first kappa shape index (κ1) is 11.1. The molecule has 4 nitrogen and oxygen atoms in total. The predicted octanol–water partition coefficient (Wildman–Crippen LogP) is 0.727. The highest BCUT2D eigenvalue weighted by Gasteiger charge is 1.99. The Hall–Kier alpha value is -1.00. The third-order valence-corrected chi connectivity index (χ3v) is 2.05. The molecule has 0 bridgehead atoms. The van der Waals surface area contributed by atoms with Crippen molar-refractivity contribution in [3.8, 4) is 0 Å². The summed E-state index contributed by atoms with van der Waals surface area (Å²) in [5, 5.41) is 12.5. The van der Waals surface area contributed by atoms with Gasteiger partial charge in [-0.2, -0.15) is 0 Å². The molecule has 2 N–H and O–H groups in total. The smallest absolute Gasteiger partial charge is 0.0724 e. The van der Waals surface area contributed by atoms with Crippen LogP contribution in [0.25, 0.3) is 0 Å². The molecule has 0 aliphatic rings. The van der Waals surface area contributed by atoms with Crippen LogP contribution in [0, 0.1) is 0 Å². The SMILES string of the molecule is CCC(O)CCNCc1cnccn1. The summed E-state index contributed by atoms with van der Waals surface area (Å²) in [7, 11) is 0. The van der Waals surface area contributed by atoms with Crippen LogP contribution in [0.4, 0.5) is 0 Å².